The van der Waals surface area contributed by atoms with Crippen LogP contribution in [0.5, 0.6) is 0 Å². The number of nitrogen functional groups attached to an aromatic ring is 1. The largest absolute Gasteiger partial charge is 0.441 e. The van der Waals surface area contributed by atoms with Crippen LogP contribution in [0, 0.1) is 0 Å². The van der Waals surface area contributed by atoms with Gasteiger partial charge in [-0.2, -0.15) is 0 Å². The second-order valence-corrected chi connectivity index (χ2v) is 8.45. The van der Waals surface area contributed by atoms with E-state index in [0.717, 1.165) is 59.3 Å². The molecule has 0 aliphatic heterocycles. The van der Waals surface area contributed by atoms with Gasteiger partial charge in [0.1, 0.15) is 5.52 Å². The highest BCUT2D eigenvalue weighted by molar-refractivity contribution is 5.99. The number of rotatable bonds is 8. The van der Waals surface area contributed by atoms with Crippen molar-refractivity contribution in [2.75, 3.05) is 16.4 Å². The number of nitrogens with one attached hydrogen (secondary N) is 2. The Morgan fingerprint density at radius 2 is 1.64 bits per heavy atom. The minimum absolute atomic E-state index is 0.366. The Morgan fingerprint density at radius 1 is 0.833 bits per heavy atom. The summed E-state index contributed by atoms with van der Waals surface area (Å²) >= 11 is 0. The summed E-state index contributed by atoms with van der Waals surface area (Å²) in [5, 5.41) is 14.0. The number of carbonyl (C=O) groups excluding carboxylic acids is 1. The van der Waals surface area contributed by atoms with Gasteiger partial charge in [0.05, 0.1) is 5.69 Å². The maximum Gasteiger partial charge on any atom is 0.324 e. The fourth-order valence-electron chi connectivity index (χ4n) is 3.98. The third kappa shape index (κ3) is 5.67. The van der Waals surface area contributed by atoms with E-state index in [-0.39, 0.29) is 6.03 Å². The van der Waals surface area contributed by atoms with Crippen molar-refractivity contribution < 1.29 is 9.21 Å². The molecule has 2 amide bonds. The van der Waals surface area contributed by atoms with E-state index in [1.54, 1.807) is 6.07 Å². The van der Waals surface area contributed by atoms with E-state index in [0.29, 0.717) is 17.4 Å². The molecule has 0 aliphatic carbocycles. The first kappa shape index (κ1) is 23.0. The smallest absolute Gasteiger partial charge is 0.324 e. The average molecular weight is 479 g/mol. The number of amides is 2. The molecule has 0 saturated carbocycles. The number of nitrogens with two attached hydrogens (primary N) is 1. The summed E-state index contributed by atoms with van der Waals surface area (Å²) in [5.41, 5.74) is 11.6. The summed E-state index contributed by atoms with van der Waals surface area (Å²) in [6, 6.07) is 26.2. The number of hydrogen-bond acceptors (Lipinski definition) is 6. The molecular weight excluding hydrogens is 452 g/mol. The Balaban J connectivity index is 1.14. The molecule has 0 unspecified atom stereocenters. The molecule has 4 N–H and O–H groups in total. The number of urea groups is 1. The number of unbranched alkanes of at least 4 members (excludes halogenated alkanes) is 1. The molecular formula is C28H26N6O2. The molecule has 3 aromatic carbocycles. The number of aryl methyl sites for hydroxylation is 2. The fourth-order valence-corrected chi connectivity index (χ4v) is 3.98. The molecule has 0 bridgehead atoms. The molecule has 5 aromatic rings. The maximum atomic E-state index is 12.6. The Bertz CT molecular complexity index is 1460. The summed E-state index contributed by atoms with van der Waals surface area (Å²) in [4.78, 5) is 17.1. The summed E-state index contributed by atoms with van der Waals surface area (Å²) in [6.45, 7) is 0. The summed E-state index contributed by atoms with van der Waals surface area (Å²) in [5.74, 6) is 1.09. The van der Waals surface area contributed by atoms with E-state index in [2.05, 4.69) is 25.8 Å². The molecule has 2 aromatic heterocycles. The highest BCUT2D eigenvalue weighted by Crippen LogP contribution is 2.22. The van der Waals surface area contributed by atoms with Crippen molar-refractivity contribution in [1.82, 2.24) is 15.2 Å². The van der Waals surface area contributed by atoms with Crippen LogP contribution in [0.3, 0.4) is 0 Å². The first-order chi connectivity index (χ1) is 17.6. The summed E-state index contributed by atoms with van der Waals surface area (Å²) in [6.07, 6.45) is 3.39. The van der Waals surface area contributed by atoms with Crippen LogP contribution in [0.2, 0.25) is 0 Å². The molecule has 8 heteroatoms. The molecule has 8 nitrogen and oxygen atoms in total. The highest BCUT2D eigenvalue weighted by atomic mass is 16.3. The monoisotopic (exact) mass is 478 g/mol. The van der Waals surface area contributed by atoms with Crippen molar-refractivity contribution in [3.05, 3.63) is 96.4 Å². The number of carbonyl (C=O) groups is 1. The zero-order valence-corrected chi connectivity index (χ0v) is 19.6. The molecule has 0 radical (unpaired) electrons. The highest BCUT2D eigenvalue weighted by Gasteiger charge is 2.10. The van der Waals surface area contributed by atoms with Gasteiger partial charge in [0.15, 0.2) is 17.3 Å². The topological polar surface area (TPSA) is 119 Å². The number of nitrogens with zero attached hydrogens (tertiary/aromatic N) is 3. The molecule has 0 aliphatic rings. The van der Waals surface area contributed by atoms with Gasteiger partial charge >= 0.3 is 6.03 Å². The Labute approximate surface area is 208 Å². The van der Waals surface area contributed by atoms with E-state index in [1.807, 2.05) is 78.9 Å². The van der Waals surface area contributed by atoms with E-state index in [4.69, 9.17) is 10.2 Å². The van der Waals surface area contributed by atoms with Crippen LogP contribution in [0.25, 0.3) is 22.4 Å². The average Bonchev–Trinajstić information content (AvgIpc) is 3.30. The Morgan fingerprint density at radius 3 is 2.47 bits per heavy atom. The second-order valence-electron chi connectivity index (χ2n) is 8.45. The molecule has 2 heterocycles. The lowest BCUT2D eigenvalue weighted by atomic mass is 10.1. The normalized spacial score (nSPS) is 10.9. The number of aromatic nitrogens is 3. The number of benzene rings is 3. The van der Waals surface area contributed by atoms with Gasteiger partial charge < -0.3 is 15.5 Å². The minimum atomic E-state index is -0.366. The van der Waals surface area contributed by atoms with Gasteiger partial charge in [-0.1, -0.05) is 48.5 Å². The lowest BCUT2D eigenvalue weighted by molar-refractivity contribution is 0.262. The van der Waals surface area contributed by atoms with Crippen molar-refractivity contribution in [2.24, 2.45) is 0 Å². The van der Waals surface area contributed by atoms with Gasteiger partial charge in [0.25, 0.3) is 0 Å². The number of hydrogen-bond donors (Lipinski definition) is 3. The van der Waals surface area contributed by atoms with Crippen molar-refractivity contribution in [1.29, 1.82) is 0 Å². The van der Waals surface area contributed by atoms with E-state index in [9.17, 15) is 4.79 Å². The summed E-state index contributed by atoms with van der Waals surface area (Å²) < 4.78 is 5.80. The van der Waals surface area contributed by atoms with Gasteiger partial charge in [-0.15, -0.1) is 10.2 Å². The molecule has 5 rings (SSSR count). The van der Waals surface area contributed by atoms with Crippen LogP contribution >= 0.6 is 0 Å². The number of oxazole rings is 1. The Kier molecular flexibility index (Phi) is 6.84. The van der Waals surface area contributed by atoms with Gasteiger partial charge in [0.2, 0.25) is 0 Å². The third-order valence-electron chi connectivity index (χ3n) is 5.78. The van der Waals surface area contributed by atoms with Crippen LogP contribution in [-0.2, 0) is 12.8 Å². The van der Waals surface area contributed by atoms with E-state index in [1.165, 1.54) is 0 Å². The van der Waals surface area contributed by atoms with Crippen LogP contribution < -0.4 is 16.4 Å². The quantitative estimate of drug-likeness (QED) is 0.184. The van der Waals surface area contributed by atoms with Gasteiger partial charge in [-0.3, -0.25) is 5.32 Å². The molecule has 180 valence electrons. The predicted molar refractivity (Wildman–Crippen MR) is 142 cm³/mol. The van der Waals surface area contributed by atoms with Crippen LogP contribution in [0.4, 0.5) is 22.0 Å². The van der Waals surface area contributed by atoms with Crippen molar-refractivity contribution in [3.63, 3.8) is 0 Å². The second kappa shape index (κ2) is 10.7. The third-order valence-corrected chi connectivity index (χ3v) is 5.78. The standard InChI is InChI=1S/C28H26N6O2/c29-21-14-16-25-24(18-21)30-27(36-25)13-7-5-11-19-10-4-6-12-22(19)31-28(35)32-26-17-15-23(33-34-26)20-8-2-1-3-9-20/h1-4,6,8-10,12,14-18H,5,7,11,13,29H2,(H2,31,32,34,35). The van der Waals surface area contributed by atoms with E-state index < -0.39 is 0 Å². The number of fused-ring (bicyclic) bond motifs is 1. The maximum absolute atomic E-state index is 12.6. The van der Waals surface area contributed by atoms with Crippen LogP contribution in [-0.4, -0.2) is 21.2 Å². The van der Waals surface area contributed by atoms with Gasteiger partial charge in [0, 0.05) is 23.4 Å². The molecule has 36 heavy (non-hydrogen) atoms. The summed E-state index contributed by atoms with van der Waals surface area (Å²) in [7, 11) is 0. The van der Waals surface area contributed by atoms with Crippen molar-refractivity contribution in [2.45, 2.75) is 25.7 Å². The van der Waals surface area contributed by atoms with Crippen LogP contribution in [0.15, 0.2) is 89.3 Å². The van der Waals surface area contributed by atoms with Gasteiger partial charge in [-0.05, 0) is 61.2 Å². The van der Waals surface area contributed by atoms with E-state index >= 15 is 0 Å². The molecule has 0 atom stereocenters. The zero-order valence-electron chi connectivity index (χ0n) is 19.6. The molecule has 0 fully saturated rings. The Hall–Kier alpha value is -4.72. The number of anilines is 3. The van der Waals surface area contributed by atoms with Crippen LogP contribution in [0.1, 0.15) is 24.3 Å². The number of para-hydroxylation sites is 1. The SMILES string of the molecule is Nc1ccc2oc(CCCCc3ccccc3NC(=O)Nc3ccc(-c4ccccc4)nn3)nc2c1. The molecule has 0 saturated heterocycles. The van der Waals surface area contributed by atoms with Crippen molar-refractivity contribution >= 4 is 34.3 Å². The first-order valence-corrected chi connectivity index (χ1v) is 11.8. The zero-order chi connectivity index (χ0) is 24.7. The van der Waals surface area contributed by atoms with Gasteiger partial charge in [-0.25, -0.2) is 9.78 Å². The fraction of sp³-hybridized carbons (Fsp3) is 0.143. The first-order valence-electron chi connectivity index (χ1n) is 11.8. The van der Waals surface area contributed by atoms with Crippen molar-refractivity contribution in [3.8, 4) is 11.3 Å². The lowest BCUT2D eigenvalue weighted by Crippen LogP contribution is -2.21. The predicted octanol–water partition coefficient (Wildman–Crippen LogP) is 6.08. The molecule has 0 spiro atoms. The lowest BCUT2D eigenvalue weighted by Gasteiger charge is -2.11. The minimum Gasteiger partial charge on any atom is -0.441 e.